The lowest BCUT2D eigenvalue weighted by atomic mass is 10.1. The quantitative estimate of drug-likeness (QED) is 0.157. The maximum absolute atomic E-state index is 5.32. The third-order valence-corrected chi connectivity index (χ3v) is 4.93. The summed E-state index contributed by atoms with van der Waals surface area (Å²) < 4.78 is 5.32. The minimum absolute atomic E-state index is 0. The van der Waals surface area contributed by atoms with Gasteiger partial charge in [-0.25, -0.2) is 4.98 Å². The largest absolute Gasteiger partial charge is 0.461 e. The van der Waals surface area contributed by atoms with E-state index < -0.39 is 0 Å². The van der Waals surface area contributed by atoms with Gasteiger partial charge in [-0.2, -0.15) is 5.10 Å². The standard InChI is InChI=1S/C22H27N7O.HI/c1-3-23-22(24-12-10-16-15(2)26-18-8-5-4-7-17(16)18)25-13-11-20-27-21(29-28-20)19-9-6-14-30-19;/h4-9,14,26H,3,10-13H2,1-2H3,(H2,23,24,25)(H,27,28,29);1H. The van der Waals surface area contributed by atoms with Crippen LogP contribution in [0.2, 0.25) is 0 Å². The Kier molecular flexibility index (Phi) is 8.10. The fourth-order valence-electron chi connectivity index (χ4n) is 3.50. The van der Waals surface area contributed by atoms with E-state index in [4.69, 9.17) is 4.42 Å². The fourth-order valence-corrected chi connectivity index (χ4v) is 3.50. The van der Waals surface area contributed by atoms with E-state index in [0.29, 0.717) is 24.6 Å². The lowest BCUT2D eigenvalue weighted by Gasteiger charge is -2.11. The zero-order valence-corrected chi connectivity index (χ0v) is 20.1. The summed E-state index contributed by atoms with van der Waals surface area (Å²) in [5.41, 5.74) is 3.75. The maximum atomic E-state index is 5.32. The van der Waals surface area contributed by atoms with Gasteiger partial charge in [-0.1, -0.05) is 18.2 Å². The molecule has 0 bridgehead atoms. The molecule has 0 amide bonds. The van der Waals surface area contributed by atoms with Crippen LogP contribution in [0, 0.1) is 6.92 Å². The Morgan fingerprint density at radius 1 is 1.13 bits per heavy atom. The normalized spacial score (nSPS) is 11.5. The molecule has 0 unspecified atom stereocenters. The Bertz CT molecular complexity index is 1110. The van der Waals surface area contributed by atoms with E-state index >= 15 is 0 Å². The number of fused-ring (bicyclic) bond motifs is 1. The van der Waals surface area contributed by atoms with Crippen LogP contribution in [0.5, 0.6) is 0 Å². The van der Waals surface area contributed by atoms with Crippen molar-refractivity contribution in [1.29, 1.82) is 0 Å². The van der Waals surface area contributed by atoms with Crippen LogP contribution in [0.3, 0.4) is 0 Å². The summed E-state index contributed by atoms with van der Waals surface area (Å²) in [5, 5.41) is 15.2. The van der Waals surface area contributed by atoms with Gasteiger partial charge < -0.3 is 20.0 Å². The van der Waals surface area contributed by atoms with Gasteiger partial charge in [0.1, 0.15) is 5.82 Å². The number of aliphatic imine (C=N–C) groups is 1. The molecule has 0 fully saturated rings. The van der Waals surface area contributed by atoms with Crippen LogP contribution in [0.25, 0.3) is 22.5 Å². The van der Waals surface area contributed by atoms with Crippen LogP contribution in [-0.4, -0.2) is 45.8 Å². The maximum Gasteiger partial charge on any atom is 0.216 e. The highest BCUT2D eigenvalue weighted by molar-refractivity contribution is 14.0. The van der Waals surface area contributed by atoms with Crippen LogP contribution in [0.1, 0.15) is 24.0 Å². The average molecular weight is 533 g/mol. The third kappa shape index (κ3) is 5.66. The molecular formula is C22H28IN7O. The van der Waals surface area contributed by atoms with Crippen molar-refractivity contribution in [2.45, 2.75) is 26.7 Å². The van der Waals surface area contributed by atoms with Crippen LogP contribution in [0.15, 0.2) is 52.1 Å². The number of H-pyrrole nitrogens is 2. The molecule has 0 radical (unpaired) electrons. The number of benzene rings is 1. The number of guanidine groups is 1. The average Bonchev–Trinajstić information content (AvgIpc) is 3.48. The summed E-state index contributed by atoms with van der Waals surface area (Å²) in [7, 11) is 0. The zero-order valence-electron chi connectivity index (χ0n) is 17.7. The van der Waals surface area contributed by atoms with Gasteiger partial charge in [-0.3, -0.25) is 10.1 Å². The number of nitrogens with zero attached hydrogens (tertiary/aromatic N) is 3. The molecule has 3 aromatic heterocycles. The molecule has 0 saturated heterocycles. The van der Waals surface area contributed by atoms with Crippen molar-refractivity contribution in [2.24, 2.45) is 4.99 Å². The highest BCUT2D eigenvalue weighted by Gasteiger charge is 2.09. The van der Waals surface area contributed by atoms with Crippen LogP contribution in [0.4, 0.5) is 0 Å². The predicted molar refractivity (Wildman–Crippen MR) is 134 cm³/mol. The zero-order chi connectivity index (χ0) is 20.8. The molecule has 0 spiro atoms. The number of rotatable bonds is 8. The van der Waals surface area contributed by atoms with Crippen molar-refractivity contribution < 1.29 is 4.42 Å². The third-order valence-electron chi connectivity index (χ3n) is 4.93. The number of hydrogen-bond donors (Lipinski definition) is 4. The molecule has 0 aliphatic carbocycles. The van der Waals surface area contributed by atoms with Crippen molar-refractivity contribution in [3.8, 4) is 11.6 Å². The van der Waals surface area contributed by atoms with Gasteiger partial charge in [0.15, 0.2) is 11.7 Å². The van der Waals surface area contributed by atoms with Crippen molar-refractivity contribution in [3.63, 3.8) is 0 Å². The number of aromatic amines is 2. The van der Waals surface area contributed by atoms with Crippen molar-refractivity contribution >= 4 is 40.8 Å². The molecule has 0 aliphatic rings. The smallest absolute Gasteiger partial charge is 0.216 e. The molecule has 8 nitrogen and oxygen atoms in total. The first-order chi connectivity index (χ1) is 14.7. The van der Waals surface area contributed by atoms with Gasteiger partial charge in [0.05, 0.1) is 6.26 Å². The van der Waals surface area contributed by atoms with E-state index in [2.05, 4.69) is 73.9 Å². The Labute approximate surface area is 198 Å². The van der Waals surface area contributed by atoms with E-state index in [1.54, 1.807) is 6.26 Å². The Morgan fingerprint density at radius 2 is 2.00 bits per heavy atom. The molecule has 3 heterocycles. The Morgan fingerprint density at radius 3 is 2.81 bits per heavy atom. The van der Waals surface area contributed by atoms with E-state index in [9.17, 15) is 0 Å². The van der Waals surface area contributed by atoms with E-state index in [1.165, 1.54) is 22.2 Å². The van der Waals surface area contributed by atoms with Crippen molar-refractivity contribution in [1.82, 2.24) is 30.8 Å². The molecule has 1 aromatic carbocycles. The number of halogens is 1. The topological polar surface area (TPSA) is 107 Å². The van der Waals surface area contributed by atoms with Crippen LogP contribution in [-0.2, 0) is 12.8 Å². The molecule has 31 heavy (non-hydrogen) atoms. The lowest BCUT2D eigenvalue weighted by molar-refractivity contribution is 0.577. The second-order valence-corrected chi connectivity index (χ2v) is 7.04. The number of hydrogen-bond acceptors (Lipinski definition) is 4. The van der Waals surface area contributed by atoms with E-state index in [-0.39, 0.29) is 24.0 Å². The first kappa shape index (κ1) is 22.9. The summed E-state index contributed by atoms with van der Waals surface area (Å²) in [6.45, 7) is 6.41. The Hall–Kier alpha value is -2.82. The monoisotopic (exact) mass is 533 g/mol. The molecule has 4 aromatic rings. The van der Waals surface area contributed by atoms with Gasteiger partial charge in [0, 0.05) is 42.7 Å². The van der Waals surface area contributed by atoms with Crippen molar-refractivity contribution in [2.75, 3.05) is 19.6 Å². The van der Waals surface area contributed by atoms with Gasteiger partial charge in [0.25, 0.3) is 0 Å². The molecule has 4 rings (SSSR count). The summed E-state index contributed by atoms with van der Waals surface area (Å²) in [5.74, 6) is 2.82. The Balaban J connectivity index is 0.00000272. The number of nitrogens with one attached hydrogen (secondary N) is 4. The summed E-state index contributed by atoms with van der Waals surface area (Å²) >= 11 is 0. The van der Waals surface area contributed by atoms with Crippen molar-refractivity contribution in [3.05, 3.63) is 59.7 Å². The summed E-state index contributed by atoms with van der Waals surface area (Å²) in [6, 6.07) is 12.1. The van der Waals surface area contributed by atoms with Gasteiger partial charge in [-0.15, -0.1) is 24.0 Å². The first-order valence-electron chi connectivity index (χ1n) is 10.3. The van der Waals surface area contributed by atoms with E-state index in [0.717, 1.165) is 31.3 Å². The minimum Gasteiger partial charge on any atom is -0.461 e. The minimum atomic E-state index is 0. The predicted octanol–water partition coefficient (Wildman–Crippen LogP) is 3.81. The molecule has 0 atom stereocenters. The second kappa shape index (κ2) is 11.0. The highest BCUT2D eigenvalue weighted by atomic mass is 127. The van der Waals surface area contributed by atoms with Crippen LogP contribution < -0.4 is 10.6 Å². The van der Waals surface area contributed by atoms with Crippen LogP contribution >= 0.6 is 24.0 Å². The number of furan rings is 1. The number of aromatic nitrogens is 4. The van der Waals surface area contributed by atoms with Gasteiger partial charge >= 0.3 is 0 Å². The molecule has 9 heteroatoms. The second-order valence-electron chi connectivity index (χ2n) is 7.04. The molecule has 164 valence electrons. The number of aryl methyl sites for hydroxylation is 1. The fraction of sp³-hybridized carbons (Fsp3) is 0.318. The molecule has 0 aliphatic heterocycles. The van der Waals surface area contributed by atoms with Gasteiger partial charge in [-0.05, 0) is 44.0 Å². The molecule has 0 saturated carbocycles. The SMILES string of the molecule is CCNC(=NCCc1nc(-c2ccco2)n[nH]1)NCCc1c(C)[nH]c2ccccc12.I. The molecular weight excluding hydrogens is 505 g/mol. The first-order valence-corrected chi connectivity index (χ1v) is 10.3. The van der Waals surface area contributed by atoms with Gasteiger partial charge in [0.2, 0.25) is 5.82 Å². The summed E-state index contributed by atoms with van der Waals surface area (Å²) in [4.78, 5) is 12.6. The summed E-state index contributed by atoms with van der Waals surface area (Å²) in [6.07, 6.45) is 3.21. The highest BCUT2D eigenvalue weighted by Crippen LogP contribution is 2.21. The lowest BCUT2D eigenvalue weighted by Crippen LogP contribution is -2.38. The van der Waals surface area contributed by atoms with E-state index in [1.807, 2.05) is 12.1 Å². The molecule has 4 N–H and O–H groups in total. The number of para-hydroxylation sites is 1.